The summed E-state index contributed by atoms with van der Waals surface area (Å²) in [6, 6.07) is 22.1. The molecule has 110 valence electrons. The number of hydrogen-bond acceptors (Lipinski definition) is 1. The SMILES string of the molecule is C[C@@H](NC(=O)c1cccc(I)c1)c1ccc2ccccc2c1. The van der Waals surface area contributed by atoms with Crippen molar-refractivity contribution in [1.82, 2.24) is 5.32 Å². The number of carbonyl (C=O) groups is 1. The Hall–Kier alpha value is -1.88. The maximum absolute atomic E-state index is 12.3. The van der Waals surface area contributed by atoms with Crippen LogP contribution in [0.15, 0.2) is 66.7 Å². The Morgan fingerprint density at radius 2 is 1.73 bits per heavy atom. The van der Waals surface area contributed by atoms with Crippen molar-refractivity contribution in [2.75, 3.05) is 0 Å². The van der Waals surface area contributed by atoms with Crippen LogP contribution in [0.4, 0.5) is 0 Å². The summed E-state index contributed by atoms with van der Waals surface area (Å²) in [7, 11) is 0. The van der Waals surface area contributed by atoms with E-state index in [2.05, 4.69) is 58.2 Å². The highest BCUT2D eigenvalue weighted by Crippen LogP contribution is 2.20. The molecule has 22 heavy (non-hydrogen) atoms. The molecule has 1 N–H and O–H groups in total. The number of hydrogen-bond donors (Lipinski definition) is 1. The molecule has 1 amide bonds. The van der Waals surface area contributed by atoms with Crippen molar-refractivity contribution in [3.8, 4) is 0 Å². The predicted molar refractivity (Wildman–Crippen MR) is 99.0 cm³/mol. The lowest BCUT2D eigenvalue weighted by Gasteiger charge is -2.15. The van der Waals surface area contributed by atoms with Crippen molar-refractivity contribution in [3.63, 3.8) is 0 Å². The van der Waals surface area contributed by atoms with E-state index in [1.165, 1.54) is 10.8 Å². The van der Waals surface area contributed by atoms with Gasteiger partial charge in [0.2, 0.25) is 0 Å². The van der Waals surface area contributed by atoms with Crippen molar-refractivity contribution in [2.45, 2.75) is 13.0 Å². The molecule has 0 saturated heterocycles. The molecule has 3 heteroatoms. The first kappa shape index (κ1) is 15.0. The van der Waals surface area contributed by atoms with Gasteiger partial charge in [-0.3, -0.25) is 4.79 Å². The van der Waals surface area contributed by atoms with Crippen LogP contribution in [0.3, 0.4) is 0 Å². The molecule has 0 heterocycles. The van der Waals surface area contributed by atoms with Crippen LogP contribution < -0.4 is 5.32 Å². The van der Waals surface area contributed by atoms with Crippen molar-refractivity contribution < 1.29 is 4.79 Å². The van der Waals surface area contributed by atoms with Crippen LogP contribution in [0.1, 0.15) is 28.9 Å². The monoisotopic (exact) mass is 401 g/mol. The summed E-state index contributed by atoms with van der Waals surface area (Å²) in [5.41, 5.74) is 1.80. The zero-order valence-corrected chi connectivity index (χ0v) is 14.4. The average Bonchev–Trinajstić information content (AvgIpc) is 2.54. The molecule has 0 aliphatic carbocycles. The molecule has 0 aliphatic rings. The summed E-state index contributed by atoms with van der Waals surface area (Å²) in [6.07, 6.45) is 0. The fraction of sp³-hybridized carbons (Fsp3) is 0.105. The van der Waals surface area contributed by atoms with Gasteiger partial charge >= 0.3 is 0 Å². The Labute approximate surface area is 143 Å². The van der Waals surface area contributed by atoms with E-state index in [1.807, 2.05) is 43.3 Å². The third kappa shape index (κ3) is 3.30. The van der Waals surface area contributed by atoms with E-state index >= 15 is 0 Å². The van der Waals surface area contributed by atoms with E-state index in [1.54, 1.807) is 0 Å². The Morgan fingerprint density at radius 3 is 2.50 bits per heavy atom. The highest BCUT2D eigenvalue weighted by Gasteiger charge is 2.12. The molecule has 0 spiro atoms. The van der Waals surface area contributed by atoms with Gasteiger partial charge in [-0.2, -0.15) is 0 Å². The predicted octanol–water partition coefficient (Wildman–Crippen LogP) is 4.94. The fourth-order valence-corrected chi connectivity index (χ4v) is 3.01. The molecule has 2 nitrogen and oxygen atoms in total. The van der Waals surface area contributed by atoms with Gasteiger partial charge in [0.05, 0.1) is 6.04 Å². The molecule has 0 aromatic heterocycles. The Kier molecular flexibility index (Phi) is 4.43. The highest BCUT2D eigenvalue weighted by atomic mass is 127. The summed E-state index contributed by atoms with van der Waals surface area (Å²) in [5, 5.41) is 5.46. The minimum absolute atomic E-state index is 0.0324. The lowest BCUT2D eigenvalue weighted by molar-refractivity contribution is 0.0940. The van der Waals surface area contributed by atoms with Gasteiger partial charge in [-0.05, 0) is 70.1 Å². The number of amides is 1. The van der Waals surface area contributed by atoms with Crippen LogP contribution >= 0.6 is 22.6 Å². The third-order valence-corrected chi connectivity index (χ3v) is 4.38. The number of fused-ring (bicyclic) bond motifs is 1. The summed E-state index contributed by atoms with van der Waals surface area (Å²) in [5.74, 6) is -0.0424. The van der Waals surface area contributed by atoms with Crippen LogP contribution in [0.2, 0.25) is 0 Å². The quantitative estimate of drug-likeness (QED) is 0.620. The van der Waals surface area contributed by atoms with Gasteiger partial charge in [0.1, 0.15) is 0 Å². The van der Waals surface area contributed by atoms with Gasteiger partial charge in [-0.25, -0.2) is 0 Å². The van der Waals surface area contributed by atoms with Crippen molar-refractivity contribution in [1.29, 1.82) is 0 Å². The Bertz CT molecular complexity index is 828. The molecule has 0 aliphatic heterocycles. The second-order valence-corrected chi connectivity index (χ2v) is 6.56. The second-order valence-electron chi connectivity index (χ2n) is 5.31. The molecule has 3 aromatic rings. The molecular weight excluding hydrogens is 385 g/mol. The third-order valence-electron chi connectivity index (χ3n) is 3.71. The first-order valence-corrected chi connectivity index (χ1v) is 8.26. The Morgan fingerprint density at radius 1 is 0.955 bits per heavy atom. The molecule has 3 rings (SSSR count). The minimum atomic E-state index is -0.0424. The summed E-state index contributed by atoms with van der Waals surface area (Å²) in [6.45, 7) is 2.01. The summed E-state index contributed by atoms with van der Waals surface area (Å²) >= 11 is 2.21. The van der Waals surface area contributed by atoms with E-state index in [0.717, 1.165) is 9.13 Å². The molecule has 0 unspecified atom stereocenters. The maximum atomic E-state index is 12.3. The van der Waals surface area contributed by atoms with Crippen molar-refractivity contribution in [2.24, 2.45) is 0 Å². The van der Waals surface area contributed by atoms with Gasteiger partial charge in [-0.1, -0.05) is 42.5 Å². The van der Waals surface area contributed by atoms with E-state index in [4.69, 9.17) is 0 Å². The number of carbonyl (C=O) groups excluding carboxylic acids is 1. The second kappa shape index (κ2) is 6.48. The summed E-state index contributed by atoms with van der Waals surface area (Å²) < 4.78 is 1.06. The normalized spacial score (nSPS) is 12.1. The lowest BCUT2D eigenvalue weighted by atomic mass is 10.0. The zero-order valence-electron chi connectivity index (χ0n) is 12.2. The van der Waals surface area contributed by atoms with E-state index in [-0.39, 0.29) is 11.9 Å². The minimum Gasteiger partial charge on any atom is -0.346 e. The smallest absolute Gasteiger partial charge is 0.251 e. The number of rotatable bonds is 3. The number of nitrogens with one attached hydrogen (secondary N) is 1. The number of halogens is 1. The van der Waals surface area contributed by atoms with Gasteiger partial charge in [-0.15, -0.1) is 0 Å². The number of benzene rings is 3. The van der Waals surface area contributed by atoms with E-state index in [9.17, 15) is 4.79 Å². The molecule has 0 radical (unpaired) electrons. The standard InChI is InChI=1S/C19H16INO/c1-13(21-19(22)17-7-4-8-18(20)12-17)15-10-9-14-5-2-3-6-16(14)11-15/h2-13H,1H3,(H,21,22)/t13-/m1/s1. The van der Waals surface area contributed by atoms with E-state index in [0.29, 0.717) is 5.56 Å². The van der Waals surface area contributed by atoms with Gasteiger partial charge < -0.3 is 5.32 Å². The topological polar surface area (TPSA) is 29.1 Å². The molecule has 3 aromatic carbocycles. The zero-order chi connectivity index (χ0) is 15.5. The first-order valence-electron chi connectivity index (χ1n) is 7.18. The largest absolute Gasteiger partial charge is 0.346 e. The van der Waals surface area contributed by atoms with Crippen LogP contribution in [-0.2, 0) is 0 Å². The van der Waals surface area contributed by atoms with Gasteiger partial charge in [0.25, 0.3) is 5.91 Å². The molecule has 0 bridgehead atoms. The molecule has 0 saturated carbocycles. The highest BCUT2D eigenvalue weighted by molar-refractivity contribution is 14.1. The Balaban J connectivity index is 1.80. The van der Waals surface area contributed by atoms with Gasteiger partial charge in [0.15, 0.2) is 0 Å². The summed E-state index contributed by atoms with van der Waals surface area (Å²) in [4.78, 5) is 12.3. The van der Waals surface area contributed by atoms with Crippen molar-refractivity contribution in [3.05, 3.63) is 81.4 Å². The van der Waals surface area contributed by atoms with Crippen LogP contribution in [0.25, 0.3) is 10.8 Å². The van der Waals surface area contributed by atoms with Crippen LogP contribution in [0, 0.1) is 3.57 Å². The molecule has 0 fully saturated rings. The molecular formula is C19H16INO. The van der Waals surface area contributed by atoms with Gasteiger partial charge in [0, 0.05) is 9.13 Å². The molecule has 1 atom stereocenters. The van der Waals surface area contributed by atoms with E-state index < -0.39 is 0 Å². The first-order chi connectivity index (χ1) is 10.6. The fourth-order valence-electron chi connectivity index (χ4n) is 2.47. The van der Waals surface area contributed by atoms with Crippen LogP contribution in [0.5, 0.6) is 0 Å². The van der Waals surface area contributed by atoms with Crippen LogP contribution in [-0.4, -0.2) is 5.91 Å². The van der Waals surface area contributed by atoms with Crippen molar-refractivity contribution >= 4 is 39.3 Å². The maximum Gasteiger partial charge on any atom is 0.251 e. The lowest BCUT2D eigenvalue weighted by Crippen LogP contribution is -2.26. The average molecular weight is 401 g/mol.